The topological polar surface area (TPSA) is 32.8 Å². The third-order valence-corrected chi connectivity index (χ3v) is 15.9. The van der Waals surface area contributed by atoms with Gasteiger partial charge >= 0.3 is 0 Å². The van der Waals surface area contributed by atoms with Crippen molar-refractivity contribution in [3.8, 4) is 33.4 Å². The van der Waals surface area contributed by atoms with Gasteiger partial charge in [-0.1, -0.05) is 147 Å². The molecule has 6 heteroatoms. The molecular formula is C71H46F2N2O2. The lowest BCUT2D eigenvalue weighted by molar-refractivity contribution is 0.627. The maximum atomic E-state index is 14.7. The van der Waals surface area contributed by atoms with Crippen molar-refractivity contribution < 1.29 is 17.6 Å². The van der Waals surface area contributed by atoms with Gasteiger partial charge in [0.2, 0.25) is 0 Å². The van der Waals surface area contributed by atoms with E-state index in [0.29, 0.717) is 0 Å². The number of hydrogen-bond acceptors (Lipinski definition) is 4. The van der Waals surface area contributed by atoms with Crippen LogP contribution in [0.2, 0.25) is 0 Å². The Morgan fingerprint density at radius 3 is 1.10 bits per heavy atom. The molecule has 0 saturated carbocycles. The van der Waals surface area contributed by atoms with Crippen molar-refractivity contribution in [3.63, 3.8) is 0 Å². The summed E-state index contributed by atoms with van der Waals surface area (Å²) in [5, 5.41) is 8.49. The molecule has 1 aliphatic rings. The first-order valence-electron chi connectivity index (χ1n) is 26.0. The highest BCUT2D eigenvalue weighted by atomic mass is 19.1. The summed E-state index contributed by atoms with van der Waals surface area (Å²) in [5.41, 5.74) is 17.1. The average Bonchev–Trinajstić information content (AvgIpc) is 4.19. The lowest BCUT2D eigenvalue weighted by atomic mass is 9.81. The largest absolute Gasteiger partial charge is 0.453 e. The van der Waals surface area contributed by atoms with Crippen molar-refractivity contribution in [2.75, 3.05) is 9.80 Å². The van der Waals surface area contributed by atoms with Crippen LogP contribution in [-0.4, -0.2) is 0 Å². The monoisotopic (exact) mass is 996 g/mol. The van der Waals surface area contributed by atoms with Crippen LogP contribution in [0.5, 0.6) is 0 Å². The van der Waals surface area contributed by atoms with E-state index in [9.17, 15) is 8.78 Å². The Labute approximate surface area is 442 Å². The summed E-state index contributed by atoms with van der Waals surface area (Å²) in [6, 6.07) is 81.7. The maximum absolute atomic E-state index is 14.7. The molecule has 0 amide bonds. The molecule has 0 N–H and O–H groups in total. The summed E-state index contributed by atoms with van der Waals surface area (Å²) in [6.07, 6.45) is 0. The van der Waals surface area contributed by atoms with Crippen LogP contribution in [0, 0.1) is 11.6 Å². The lowest BCUT2D eigenvalue weighted by Crippen LogP contribution is -2.15. The summed E-state index contributed by atoms with van der Waals surface area (Å²) >= 11 is 0. The minimum absolute atomic E-state index is 0.300. The Hall–Kier alpha value is -9.78. The van der Waals surface area contributed by atoms with Crippen LogP contribution in [0.3, 0.4) is 0 Å². The van der Waals surface area contributed by atoms with E-state index in [2.05, 4.69) is 181 Å². The van der Waals surface area contributed by atoms with Crippen LogP contribution in [0.4, 0.5) is 42.9 Å². The van der Waals surface area contributed by atoms with Gasteiger partial charge in [0.1, 0.15) is 22.8 Å². The first kappa shape index (κ1) is 44.7. The highest BCUT2D eigenvalue weighted by molar-refractivity contribution is 6.15. The van der Waals surface area contributed by atoms with Crippen molar-refractivity contribution in [1.29, 1.82) is 0 Å². The number of halogens is 2. The molecular weight excluding hydrogens is 951 g/mol. The van der Waals surface area contributed by atoms with Gasteiger partial charge in [0, 0.05) is 60.8 Å². The molecule has 0 saturated heterocycles. The molecule has 4 nitrogen and oxygen atoms in total. The number of hydrogen-bond donors (Lipinski definition) is 0. The minimum Gasteiger partial charge on any atom is -0.453 e. The fourth-order valence-corrected chi connectivity index (χ4v) is 12.2. The standard InChI is InChI=1S/C71H46F2N2O2/c1-71(2)63-41-47-37-53(74(51-33-27-49(72)28-34-51)65-23-11-21-59-57-19-9-17-55(67(57)76-69(59)65)43-13-5-3-6-14-43)31-25-45(47)39-61(63)62-40-46-26-32-54(38-48(46)42-64(62)71)75(52-35-29-50(73)30-36-52)66-24-12-22-60-58-20-10-18-56(68(58)77-70(60)66)44-15-7-4-8-16-44/h3-42H,1-2H3. The number of fused-ring (bicyclic) bond motifs is 11. The Morgan fingerprint density at radius 1 is 0.312 bits per heavy atom. The highest BCUT2D eigenvalue weighted by Gasteiger charge is 2.36. The predicted octanol–water partition coefficient (Wildman–Crippen LogP) is 20.6. The Balaban J connectivity index is 0.842. The number of rotatable bonds is 8. The summed E-state index contributed by atoms with van der Waals surface area (Å²) in [5.74, 6) is -0.600. The van der Waals surface area contributed by atoms with Gasteiger partial charge in [0.15, 0.2) is 11.2 Å². The highest BCUT2D eigenvalue weighted by Crippen LogP contribution is 2.53. The SMILES string of the molecule is CC1(C)c2cc3cc(N(c4ccc(F)cc4)c4cccc5c4oc4c(-c6ccccc6)cccc45)ccc3cc2-c2cc3ccc(N(c4ccc(F)cc4)c4cccc5c4oc4c(-c6ccccc6)cccc45)cc3cc21. The van der Waals surface area contributed by atoms with Crippen LogP contribution < -0.4 is 9.80 Å². The first-order valence-corrected chi connectivity index (χ1v) is 26.0. The summed E-state index contributed by atoms with van der Waals surface area (Å²) in [6.45, 7) is 4.63. The minimum atomic E-state index is -0.348. The second kappa shape index (κ2) is 17.1. The Morgan fingerprint density at radius 2 is 0.688 bits per heavy atom. The average molecular weight is 997 g/mol. The van der Waals surface area contributed by atoms with Gasteiger partial charge in [-0.25, -0.2) is 8.78 Å². The van der Waals surface area contributed by atoms with E-state index in [0.717, 1.165) is 122 Å². The Kier molecular flexibility index (Phi) is 9.94. The summed E-state index contributed by atoms with van der Waals surface area (Å²) < 4.78 is 43.2. The van der Waals surface area contributed by atoms with Crippen molar-refractivity contribution in [1.82, 2.24) is 0 Å². The van der Waals surface area contributed by atoms with Gasteiger partial charge in [0.25, 0.3) is 0 Å². The quantitative estimate of drug-likeness (QED) is 0.152. The van der Waals surface area contributed by atoms with Crippen LogP contribution in [-0.2, 0) is 5.41 Å². The molecule has 77 heavy (non-hydrogen) atoms. The molecule has 0 aliphatic heterocycles. The maximum Gasteiger partial charge on any atom is 0.159 e. The molecule has 366 valence electrons. The molecule has 0 spiro atoms. The first-order chi connectivity index (χ1) is 37.7. The van der Waals surface area contributed by atoms with Crippen molar-refractivity contribution in [2.45, 2.75) is 19.3 Å². The number of para-hydroxylation sites is 4. The normalized spacial score (nSPS) is 12.8. The van der Waals surface area contributed by atoms with Gasteiger partial charge in [0.05, 0.1) is 11.4 Å². The summed E-state index contributed by atoms with van der Waals surface area (Å²) in [7, 11) is 0. The van der Waals surface area contributed by atoms with E-state index in [4.69, 9.17) is 8.83 Å². The molecule has 14 aromatic rings. The second-order valence-corrected chi connectivity index (χ2v) is 20.7. The number of furan rings is 2. The molecule has 0 unspecified atom stereocenters. The van der Waals surface area contributed by atoms with Gasteiger partial charge in [-0.3, -0.25) is 0 Å². The van der Waals surface area contributed by atoms with E-state index in [1.807, 2.05) is 60.7 Å². The molecule has 0 fully saturated rings. The molecule has 2 aromatic heterocycles. The Bertz CT molecular complexity index is 4380. The molecule has 0 bridgehead atoms. The van der Waals surface area contributed by atoms with Gasteiger partial charge in [-0.05, 0) is 164 Å². The van der Waals surface area contributed by atoms with Crippen LogP contribution in [0.25, 0.3) is 98.8 Å². The molecule has 2 heterocycles. The number of anilines is 6. The van der Waals surface area contributed by atoms with Gasteiger partial charge in [-0.2, -0.15) is 0 Å². The van der Waals surface area contributed by atoms with Crippen molar-refractivity contribution >= 4 is 99.5 Å². The van der Waals surface area contributed by atoms with Gasteiger partial charge in [-0.15, -0.1) is 0 Å². The molecule has 1 aliphatic carbocycles. The zero-order chi connectivity index (χ0) is 51.5. The smallest absolute Gasteiger partial charge is 0.159 e. The zero-order valence-electron chi connectivity index (χ0n) is 42.1. The predicted molar refractivity (Wildman–Crippen MR) is 314 cm³/mol. The molecule has 15 rings (SSSR count). The fraction of sp³-hybridized carbons (Fsp3) is 0.0423. The third kappa shape index (κ3) is 7.09. The molecule has 0 atom stereocenters. The third-order valence-electron chi connectivity index (χ3n) is 15.9. The van der Waals surface area contributed by atoms with E-state index >= 15 is 0 Å². The van der Waals surface area contributed by atoms with Crippen LogP contribution >= 0.6 is 0 Å². The lowest BCUT2D eigenvalue weighted by Gasteiger charge is -2.26. The van der Waals surface area contributed by atoms with E-state index < -0.39 is 0 Å². The summed E-state index contributed by atoms with van der Waals surface area (Å²) in [4.78, 5) is 4.35. The van der Waals surface area contributed by atoms with E-state index in [-0.39, 0.29) is 17.0 Å². The fourth-order valence-electron chi connectivity index (χ4n) is 12.2. The van der Waals surface area contributed by atoms with Crippen LogP contribution in [0.15, 0.2) is 251 Å². The number of benzene rings is 12. The molecule has 12 aromatic carbocycles. The van der Waals surface area contributed by atoms with E-state index in [1.165, 1.54) is 46.5 Å². The zero-order valence-corrected chi connectivity index (χ0v) is 42.1. The second-order valence-electron chi connectivity index (χ2n) is 20.7. The van der Waals surface area contributed by atoms with Crippen LogP contribution in [0.1, 0.15) is 25.0 Å². The van der Waals surface area contributed by atoms with Crippen molar-refractivity contribution in [3.05, 3.63) is 265 Å². The van der Waals surface area contributed by atoms with E-state index in [1.54, 1.807) is 0 Å². The molecule has 0 radical (unpaired) electrons. The van der Waals surface area contributed by atoms with Crippen molar-refractivity contribution in [2.24, 2.45) is 0 Å². The van der Waals surface area contributed by atoms with Gasteiger partial charge < -0.3 is 18.6 Å². The number of nitrogens with zero attached hydrogens (tertiary/aromatic N) is 2.